The number of nitrogens with one attached hydrogen (secondary N) is 1. The molecule has 0 radical (unpaired) electrons. The third-order valence-electron chi connectivity index (χ3n) is 4.89. The lowest BCUT2D eigenvalue weighted by atomic mass is 10.0. The first-order valence-corrected chi connectivity index (χ1v) is 9.44. The number of methoxy groups -OCH3 is 1. The maximum absolute atomic E-state index is 9.12. The van der Waals surface area contributed by atoms with Crippen LogP contribution in [0.25, 0.3) is 5.70 Å². The van der Waals surface area contributed by atoms with Gasteiger partial charge in [0.05, 0.1) is 7.11 Å². The summed E-state index contributed by atoms with van der Waals surface area (Å²) in [6, 6.07) is 16.4. The first-order chi connectivity index (χ1) is 13.7. The molecule has 0 aliphatic carbocycles. The smallest absolute Gasteiger partial charge is 0.226 e. The summed E-state index contributed by atoms with van der Waals surface area (Å²) in [6.07, 6.45) is 3.46. The first kappa shape index (κ1) is 18.3. The van der Waals surface area contributed by atoms with Gasteiger partial charge in [0.25, 0.3) is 0 Å². The summed E-state index contributed by atoms with van der Waals surface area (Å²) in [5.41, 5.74) is 4.44. The molecule has 0 unspecified atom stereocenters. The van der Waals surface area contributed by atoms with Crippen molar-refractivity contribution in [3.8, 4) is 5.75 Å². The Morgan fingerprint density at radius 3 is 2.54 bits per heavy atom. The van der Waals surface area contributed by atoms with Crippen molar-refractivity contribution in [3.63, 3.8) is 0 Å². The van der Waals surface area contributed by atoms with Gasteiger partial charge in [-0.15, -0.1) is 0 Å². The summed E-state index contributed by atoms with van der Waals surface area (Å²) in [4.78, 5) is 4.66. The van der Waals surface area contributed by atoms with E-state index in [0.29, 0.717) is 18.8 Å². The van der Waals surface area contributed by atoms with Gasteiger partial charge in [-0.1, -0.05) is 42.0 Å². The monoisotopic (exact) mass is 376 g/mol. The SMILES string of the molecule is COc1ccc([C@H]2C=C(c3ccc(C)cc3)Nc3nc(CCCO)nn32)cc1. The summed E-state index contributed by atoms with van der Waals surface area (Å²) < 4.78 is 7.20. The van der Waals surface area contributed by atoms with E-state index < -0.39 is 0 Å². The number of allylic oxidation sites excluding steroid dienone is 1. The molecule has 28 heavy (non-hydrogen) atoms. The van der Waals surface area contributed by atoms with E-state index in [0.717, 1.165) is 28.4 Å². The molecule has 2 aromatic carbocycles. The van der Waals surface area contributed by atoms with Gasteiger partial charge in [0.15, 0.2) is 5.82 Å². The molecule has 0 spiro atoms. The van der Waals surface area contributed by atoms with Crippen LogP contribution in [0.1, 0.15) is 35.0 Å². The van der Waals surface area contributed by atoms with E-state index >= 15 is 0 Å². The number of rotatable bonds is 6. The van der Waals surface area contributed by atoms with Gasteiger partial charge in [0.1, 0.15) is 11.8 Å². The van der Waals surface area contributed by atoms with Crippen LogP contribution in [0.15, 0.2) is 54.6 Å². The molecule has 1 atom stereocenters. The van der Waals surface area contributed by atoms with Gasteiger partial charge in [-0.05, 0) is 42.7 Å². The molecule has 0 amide bonds. The Balaban J connectivity index is 1.75. The van der Waals surface area contributed by atoms with Crippen LogP contribution in [0, 0.1) is 6.92 Å². The van der Waals surface area contributed by atoms with E-state index in [1.807, 2.05) is 16.8 Å². The topological polar surface area (TPSA) is 72.2 Å². The predicted octanol–water partition coefficient (Wildman–Crippen LogP) is 3.58. The van der Waals surface area contributed by atoms with Crippen molar-refractivity contribution in [1.82, 2.24) is 14.8 Å². The van der Waals surface area contributed by atoms with E-state index in [2.05, 4.69) is 64.8 Å². The zero-order valence-corrected chi connectivity index (χ0v) is 16.1. The fourth-order valence-corrected chi connectivity index (χ4v) is 3.32. The molecule has 2 N–H and O–H groups in total. The largest absolute Gasteiger partial charge is 0.497 e. The number of hydrogen-bond donors (Lipinski definition) is 2. The number of aliphatic hydroxyl groups is 1. The highest BCUT2D eigenvalue weighted by atomic mass is 16.5. The van der Waals surface area contributed by atoms with Crippen molar-refractivity contribution in [1.29, 1.82) is 0 Å². The van der Waals surface area contributed by atoms with Gasteiger partial charge in [0, 0.05) is 18.7 Å². The van der Waals surface area contributed by atoms with E-state index in [1.54, 1.807) is 7.11 Å². The quantitative estimate of drug-likeness (QED) is 0.688. The van der Waals surface area contributed by atoms with E-state index in [-0.39, 0.29) is 12.6 Å². The second kappa shape index (κ2) is 7.86. The average molecular weight is 376 g/mol. The van der Waals surface area contributed by atoms with Crippen LogP contribution in [0.3, 0.4) is 0 Å². The van der Waals surface area contributed by atoms with Crippen LogP contribution >= 0.6 is 0 Å². The molecule has 6 heteroatoms. The lowest BCUT2D eigenvalue weighted by molar-refractivity contribution is 0.287. The second-order valence-electron chi connectivity index (χ2n) is 6.91. The molecule has 6 nitrogen and oxygen atoms in total. The van der Waals surface area contributed by atoms with Crippen molar-refractivity contribution < 1.29 is 9.84 Å². The Kier molecular flexibility index (Phi) is 5.12. The molecule has 3 aromatic rings. The minimum atomic E-state index is -0.0752. The molecule has 1 aliphatic heterocycles. The van der Waals surface area contributed by atoms with Gasteiger partial charge < -0.3 is 15.2 Å². The number of nitrogens with zero attached hydrogens (tertiary/aromatic N) is 3. The third kappa shape index (κ3) is 3.64. The molecule has 0 saturated heterocycles. The maximum Gasteiger partial charge on any atom is 0.226 e. The van der Waals surface area contributed by atoms with Gasteiger partial charge in [-0.25, -0.2) is 4.68 Å². The van der Waals surface area contributed by atoms with Crippen LogP contribution in [-0.2, 0) is 6.42 Å². The molecule has 0 saturated carbocycles. The number of hydrogen-bond acceptors (Lipinski definition) is 5. The highest BCUT2D eigenvalue weighted by Crippen LogP contribution is 2.33. The Hall–Kier alpha value is -3.12. The summed E-state index contributed by atoms with van der Waals surface area (Å²) in [7, 11) is 1.66. The Morgan fingerprint density at radius 1 is 1.11 bits per heavy atom. The second-order valence-corrected chi connectivity index (χ2v) is 6.91. The zero-order valence-electron chi connectivity index (χ0n) is 16.1. The first-order valence-electron chi connectivity index (χ1n) is 9.44. The van der Waals surface area contributed by atoms with Crippen molar-refractivity contribution in [3.05, 3.63) is 77.1 Å². The molecular formula is C22H24N4O2. The highest BCUT2D eigenvalue weighted by Gasteiger charge is 2.25. The molecular weight excluding hydrogens is 352 g/mol. The Bertz CT molecular complexity index is 975. The standard InChI is InChI=1S/C22H24N4O2/c1-15-5-7-16(8-6-15)19-14-20(17-9-11-18(28-2)12-10-17)26-22(23-19)24-21(25-26)4-3-13-27/h5-12,14,20,27H,3-4,13H2,1-2H3,(H,23,24,25)/t20-/m1/s1. The number of fused-ring (bicyclic) bond motifs is 1. The molecule has 144 valence electrons. The van der Waals surface area contributed by atoms with Crippen LogP contribution < -0.4 is 10.1 Å². The average Bonchev–Trinajstić information content (AvgIpc) is 3.15. The number of aromatic nitrogens is 3. The summed E-state index contributed by atoms with van der Waals surface area (Å²) in [6.45, 7) is 2.21. The van der Waals surface area contributed by atoms with Crippen molar-refractivity contribution in [2.45, 2.75) is 25.8 Å². The van der Waals surface area contributed by atoms with Crippen LogP contribution in [-0.4, -0.2) is 33.6 Å². The van der Waals surface area contributed by atoms with Crippen LogP contribution in [0.5, 0.6) is 5.75 Å². The molecule has 0 bridgehead atoms. The van der Waals surface area contributed by atoms with Crippen molar-refractivity contribution in [2.24, 2.45) is 0 Å². The minimum absolute atomic E-state index is 0.0752. The fourth-order valence-electron chi connectivity index (χ4n) is 3.32. The third-order valence-corrected chi connectivity index (χ3v) is 4.89. The lowest BCUT2D eigenvalue weighted by Crippen LogP contribution is -2.20. The number of anilines is 1. The maximum atomic E-state index is 9.12. The number of aryl methyl sites for hydroxylation is 2. The van der Waals surface area contributed by atoms with E-state index in [4.69, 9.17) is 9.84 Å². The van der Waals surface area contributed by atoms with E-state index in [9.17, 15) is 0 Å². The molecule has 0 fully saturated rings. The summed E-state index contributed by atoms with van der Waals surface area (Å²) in [5.74, 6) is 2.27. The fraction of sp³-hybridized carbons (Fsp3) is 0.273. The Morgan fingerprint density at radius 2 is 1.86 bits per heavy atom. The number of benzene rings is 2. The summed E-state index contributed by atoms with van der Waals surface area (Å²) in [5, 5.41) is 17.2. The normalized spacial score (nSPS) is 15.5. The molecule has 1 aromatic heterocycles. The molecule has 4 rings (SSSR count). The van der Waals surface area contributed by atoms with Crippen LogP contribution in [0.4, 0.5) is 5.95 Å². The molecule has 1 aliphatic rings. The van der Waals surface area contributed by atoms with Gasteiger partial charge in [-0.2, -0.15) is 10.1 Å². The minimum Gasteiger partial charge on any atom is -0.497 e. The molecule has 2 heterocycles. The Labute approximate surface area is 164 Å². The van der Waals surface area contributed by atoms with Gasteiger partial charge in [-0.3, -0.25) is 0 Å². The van der Waals surface area contributed by atoms with E-state index in [1.165, 1.54) is 5.56 Å². The highest BCUT2D eigenvalue weighted by molar-refractivity contribution is 5.77. The summed E-state index contributed by atoms with van der Waals surface area (Å²) >= 11 is 0. The van der Waals surface area contributed by atoms with Crippen molar-refractivity contribution >= 4 is 11.6 Å². The predicted molar refractivity (Wildman–Crippen MR) is 109 cm³/mol. The zero-order chi connectivity index (χ0) is 19.5. The van der Waals surface area contributed by atoms with Gasteiger partial charge in [0.2, 0.25) is 5.95 Å². The number of aliphatic hydroxyl groups excluding tert-OH is 1. The van der Waals surface area contributed by atoms with Crippen molar-refractivity contribution in [2.75, 3.05) is 19.0 Å². The van der Waals surface area contributed by atoms with Gasteiger partial charge >= 0.3 is 0 Å². The number of ether oxygens (including phenoxy) is 1. The lowest BCUT2D eigenvalue weighted by Gasteiger charge is -2.24. The van der Waals surface area contributed by atoms with Crippen LogP contribution in [0.2, 0.25) is 0 Å².